The quantitative estimate of drug-likeness (QED) is 0.800. The number of hydrogen-bond acceptors (Lipinski definition) is 4. The molecule has 2 rings (SSSR count). The van der Waals surface area contributed by atoms with Crippen LogP contribution in [0.2, 0.25) is 0 Å². The van der Waals surface area contributed by atoms with Crippen molar-refractivity contribution < 1.29 is 5.11 Å². The van der Waals surface area contributed by atoms with Gasteiger partial charge in [0.2, 0.25) is 0 Å². The third-order valence-electron chi connectivity index (χ3n) is 3.32. The summed E-state index contributed by atoms with van der Waals surface area (Å²) in [6.45, 7) is 1.23. The van der Waals surface area contributed by atoms with E-state index in [1.54, 1.807) is 10.9 Å². The minimum atomic E-state index is -0.358. The zero-order valence-electron chi connectivity index (χ0n) is 10.2. The summed E-state index contributed by atoms with van der Waals surface area (Å²) >= 11 is 1.96. The van der Waals surface area contributed by atoms with E-state index in [1.165, 1.54) is 19.3 Å². The lowest BCUT2D eigenvalue weighted by Crippen LogP contribution is -2.36. The molecule has 1 aromatic heterocycles. The average molecular weight is 255 g/mol. The number of nitrogens with one attached hydrogen (secondary N) is 1. The first-order valence-electron chi connectivity index (χ1n) is 6.19. The van der Waals surface area contributed by atoms with Gasteiger partial charge < -0.3 is 10.4 Å². The molecule has 1 aromatic rings. The van der Waals surface area contributed by atoms with E-state index in [1.807, 2.05) is 24.0 Å². The molecule has 2 N–H and O–H groups in total. The summed E-state index contributed by atoms with van der Waals surface area (Å²) < 4.78 is 1.77. The van der Waals surface area contributed by atoms with Crippen LogP contribution in [0.4, 0.5) is 0 Å². The highest BCUT2D eigenvalue weighted by atomic mass is 32.2. The number of nitrogens with zero attached hydrogens (tertiary/aromatic N) is 2. The summed E-state index contributed by atoms with van der Waals surface area (Å²) in [5.74, 6) is 0. The molecule has 3 unspecified atom stereocenters. The lowest BCUT2D eigenvalue weighted by molar-refractivity contribution is 0.143. The van der Waals surface area contributed by atoms with E-state index in [0.29, 0.717) is 19.1 Å². The van der Waals surface area contributed by atoms with Gasteiger partial charge in [-0.15, -0.1) is 0 Å². The fourth-order valence-corrected chi connectivity index (χ4v) is 3.13. The molecule has 1 heterocycles. The minimum absolute atomic E-state index is 0.358. The predicted molar refractivity (Wildman–Crippen MR) is 71.2 cm³/mol. The molecule has 0 amide bonds. The zero-order chi connectivity index (χ0) is 12.1. The highest BCUT2D eigenvalue weighted by Crippen LogP contribution is 2.27. The molecule has 0 saturated heterocycles. The van der Waals surface area contributed by atoms with E-state index in [-0.39, 0.29) is 6.10 Å². The Morgan fingerprint density at radius 1 is 1.59 bits per heavy atom. The van der Waals surface area contributed by atoms with Crippen molar-refractivity contribution in [2.75, 3.05) is 12.8 Å². The maximum atomic E-state index is 9.88. The first-order valence-corrected chi connectivity index (χ1v) is 7.48. The summed E-state index contributed by atoms with van der Waals surface area (Å²) in [4.78, 5) is 0. The highest BCUT2D eigenvalue weighted by Gasteiger charge is 2.23. The standard InChI is InChI=1S/C12H21N3OS/c1-17-12-4-3-10(7-12)13-8-11(16)9-15-6-2-5-14-15/h2,5-6,10-13,16H,3-4,7-9H2,1H3. The van der Waals surface area contributed by atoms with Crippen LogP contribution in [0.25, 0.3) is 0 Å². The van der Waals surface area contributed by atoms with Gasteiger partial charge in [-0.1, -0.05) is 0 Å². The van der Waals surface area contributed by atoms with Gasteiger partial charge in [0.1, 0.15) is 0 Å². The van der Waals surface area contributed by atoms with Crippen molar-refractivity contribution in [1.29, 1.82) is 0 Å². The molecule has 0 bridgehead atoms. The average Bonchev–Trinajstić information content (AvgIpc) is 2.96. The smallest absolute Gasteiger partial charge is 0.0860 e. The SMILES string of the molecule is CSC1CCC(NCC(O)Cn2cccn2)C1. The largest absolute Gasteiger partial charge is 0.390 e. The summed E-state index contributed by atoms with van der Waals surface area (Å²) in [7, 11) is 0. The second-order valence-corrected chi connectivity index (χ2v) is 5.80. The van der Waals surface area contributed by atoms with Gasteiger partial charge in [-0.3, -0.25) is 4.68 Å². The lowest BCUT2D eigenvalue weighted by atomic mass is 10.2. The first kappa shape index (κ1) is 12.9. The van der Waals surface area contributed by atoms with E-state index >= 15 is 0 Å². The Hall–Kier alpha value is -0.520. The van der Waals surface area contributed by atoms with Gasteiger partial charge in [-0.05, 0) is 31.6 Å². The van der Waals surface area contributed by atoms with Gasteiger partial charge >= 0.3 is 0 Å². The Labute approximate surface area is 107 Å². The molecule has 1 saturated carbocycles. The van der Waals surface area contributed by atoms with Gasteiger partial charge in [0.25, 0.3) is 0 Å². The van der Waals surface area contributed by atoms with Crippen molar-refractivity contribution in [1.82, 2.24) is 15.1 Å². The monoisotopic (exact) mass is 255 g/mol. The zero-order valence-corrected chi connectivity index (χ0v) is 11.1. The lowest BCUT2D eigenvalue weighted by Gasteiger charge is -2.16. The Kier molecular flexibility index (Phi) is 4.88. The first-order chi connectivity index (χ1) is 8.28. The van der Waals surface area contributed by atoms with E-state index in [2.05, 4.69) is 16.7 Å². The summed E-state index contributed by atoms with van der Waals surface area (Å²) in [5, 5.41) is 18.2. The fraction of sp³-hybridized carbons (Fsp3) is 0.750. The number of thioether (sulfide) groups is 1. The normalized spacial score (nSPS) is 26.2. The molecule has 0 spiro atoms. The number of aliphatic hydroxyl groups is 1. The molecule has 1 fully saturated rings. The highest BCUT2D eigenvalue weighted by molar-refractivity contribution is 7.99. The summed E-state index contributed by atoms with van der Waals surface area (Å²) in [5.41, 5.74) is 0. The minimum Gasteiger partial charge on any atom is -0.390 e. The van der Waals surface area contributed by atoms with Gasteiger partial charge in [-0.25, -0.2) is 0 Å². The van der Waals surface area contributed by atoms with Gasteiger partial charge in [-0.2, -0.15) is 16.9 Å². The molecule has 0 radical (unpaired) electrons. The van der Waals surface area contributed by atoms with E-state index in [0.717, 1.165) is 5.25 Å². The Balaban J connectivity index is 1.65. The number of aromatic nitrogens is 2. The summed E-state index contributed by atoms with van der Waals surface area (Å²) in [6, 6.07) is 2.46. The van der Waals surface area contributed by atoms with Crippen molar-refractivity contribution in [3.05, 3.63) is 18.5 Å². The molecular weight excluding hydrogens is 234 g/mol. The Morgan fingerprint density at radius 3 is 3.12 bits per heavy atom. The predicted octanol–water partition coefficient (Wildman–Crippen LogP) is 1.12. The number of hydrogen-bond donors (Lipinski definition) is 2. The Bertz CT molecular complexity index is 318. The van der Waals surface area contributed by atoms with Gasteiger partial charge in [0.05, 0.1) is 12.6 Å². The van der Waals surface area contributed by atoms with E-state index in [4.69, 9.17) is 0 Å². The third kappa shape index (κ3) is 4.01. The number of rotatable bonds is 6. The molecule has 4 nitrogen and oxygen atoms in total. The van der Waals surface area contributed by atoms with Crippen LogP contribution in [0.5, 0.6) is 0 Å². The molecule has 3 atom stereocenters. The molecule has 96 valence electrons. The van der Waals surface area contributed by atoms with Crippen LogP contribution in [0.3, 0.4) is 0 Å². The van der Waals surface area contributed by atoms with E-state index in [9.17, 15) is 5.11 Å². The maximum Gasteiger partial charge on any atom is 0.0860 e. The van der Waals surface area contributed by atoms with Crippen LogP contribution < -0.4 is 5.32 Å². The third-order valence-corrected chi connectivity index (χ3v) is 4.41. The van der Waals surface area contributed by atoms with E-state index < -0.39 is 0 Å². The van der Waals surface area contributed by atoms with Crippen molar-refractivity contribution >= 4 is 11.8 Å². The van der Waals surface area contributed by atoms with Crippen molar-refractivity contribution in [3.8, 4) is 0 Å². The molecule has 17 heavy (non-hydrogen) atoms. The van der Waals surface area contributed by atoms with Crippen LogP contribution >= 0.6 is 11.8 Å². The maximum absolute atomic E-state index is 9.88. The second kappa shape index (κ2) is 6.42. The van der Waals surface area contributed by atoms with Crippen molar-refractivity contribution in [2.24, 2.45) is 0 Å². The van der Waals surface area contributed by atoms with Gasteiger partial charge in [0, 0.05) is 30.2 Å². The molecule has 0 aliphatic heterocycles. The molecule has 0 aromatic carbocycles. The molecule has 1 aliphatic carbocycles. The topological polar surface area (TPSA) is 50.1 Å². The molecular formula is C12H21N3OS. The Morgan fingerprint density at radius 2 is 2.47 bits per heavy atom. The van der Waals surface area contributed by atoms with Crippen LogP contribution in [-0.2, 0) is 6.54 Å². The number of aliphatic hydroxyl groups excluding tert-OH is 1. The second-order valence-electron chi connectivity index (χ2n) is 4.66. The van der Waals surface area contributed by atoms with Crippen LogP contribution in [0.1, 0.15) is 19.3 Å². The molecule has 1 aliphatic rings. The summed E-state index contributed by atoms with van der Waals surface area (Å²) in [6.07, 6.45) is 9.20. The fourth-order valence-electron chi connectivity index (χ4n) is 2.33. The van der Waals surface area contributed by atoms with Gasteiger partial charge in [0.15, 0.2) is 0 Å². The van der Waals surface area contributed by atoms with Crippen molar-refractivity contribution in [2.45, 2.75) is 43.2 Å². The van der Waals surface area contributed by atoms with Crippen LogP contribution in [0, 0.1) is 0 Å². The molecule has 5 heteroatoms. The van der Waals surface area contributed by atoms with Crippen LogP contribution in [-0.4, -0.2) is 45.1 Å². The van der Waals surface area contributed by atoms with Crippen LogP contribution in [0.15, 0.2) is 18.5 Å². The van der Waals surface area contributed by atoms with Crippen molar-refractivity contribution in [3.63, 3.8) is 0 Å².